The summed E-state index contributed by atoms with van der Waals surface area (Å²) >= 11 is 6.25. The predicted molar refractivity (Wildman–Crippen MR) is 140 cm³/mol. The van der Waals surface area contributed by atoms with Crippen LogP contribution in [-0.4, -0.2) is 17.1 Å². The Labute approximate surface area is 209 Å². The van der Waals surface area contributed by atoms with Crippen molar-refractivity contribution in [2.45, 2.75) is 46.8 Å². The second-order valence-corrected chi connectivity index (χ2v) is 9.72. The Morgan fingerprint density at radius 2 is 1.97 bits per heavy atom. The third-order valence-corrected chi connectivity index (χ3v) is 6.62. The highest BCUT2D eigenvalue weighted by atomic mass is 35.5. The molecule has 0 amide bonds. The Balaban J connectivity index is 1.55. The third-order valence-electron chi connectivity index (χ3n) is 6.41. The summed E-state index contributed by atoms with van der Waals surface area (Å²) in [6.45, 7) is 8.65. The first-order valence-electron chi connectivity index (χ1n) is 11.6. The van der Waals surface area contributed by atoms with Gasteiger partial charge in [0.1, 0.15) is 16.5 Å². The molecule has 8 heteroatoms. The van der Waals surface area contributed by atoms with Crippen LogP contribution in [0.4, 0.5) is 5.69 Å². The van der Waals surface area contributed by atoms with E-state index in [1.807, 2.05) is 64.1 Å². The minimum Gasteiger partial charge on any atom is -0.460 e. The number of rotatable bonds is 5. The van der Waals surface area contributed by atoms with Gasteiger partial charge in [-0.05, 0) is 48.6 Å². The fourth-order valence-corrected chi connectivity index (χ4v) is 4.82. The molecule has 0 bridgehead atoms. The maximum atomic E-state index is 13.1. The molecule has 4 aromatic rings. The predicted octanol–water partition coefficient (Wildman–Crippen LogP) is 5.08. The minimum atomic E-state index is -0.944. The number of pyridine rings is 1. The number of anilines is 1. The first-order valence-corrected chi connectivity index (χ1v) is 12.0. The van der Waals surface area contributed by atoms with Crippen LogP contribution in [-0.2, 0) is 17.8 Å². The molecule has 2 N–H and O–H groups in total. The Kier molecular flexibility index (Phi) is 6.17. The van der Waals surface area contributed by atoms with E-state index in [1.165, 1.54) is 0 Å². The van der Waals surface area contributed by atoms with Crippen molar-refractivity contribution < 1.29 is 14.1 Å². The highest BCUT2D eigenvalue weighted by Gasteiger charge is 2.28. The summed E-state index contributed by atoms with van der Waals surface area (Å²) in [4.78, 5) is 17.6. The highest BCUT2D eigenvalue weighted by molar-refractivity contribution is 6.61. The van der Waals surface area contributed by atoms with Gasteiger partial charge in [0, 0.05) is 29.2 Å². The van der Waals surface area contributed by atoms with Crippen LogP contribution >= 0.6 is 11.6 Å². The molecule has 0 radical (unpaired) electrons. The van der Waals surface area contributed by atoms with Crippen molar-refractivity contribution in [2.75, 3.05) is 5.32 Å². The van der Waals surface area contributed by atoms with Gasteiger partial charge in [0.15, 0.2) is 5.43 Å². The van der Waals surface area contributed by atoms with Crippen molar-refractivity contribution in [1.82, 2.24) is 4.98 Å². The number of nitrogens with one attached hydrogen (secondary N) is 1. The van der Waals surface area contributed by atoms with Crippen LogP contribution in [0.3, 0.4) is 0 Å². The van der Waals surface area contributed by atoms with Gasteiger partial charge in [-0.15, -0.1) is 0 Å². The number of fused-ring (bicyclic) bond motifs is 2. The summed E-state index contributed by atoms with van der Waals surface area (Å²) in [5.41, 5.74) is 7.08. The number of benzene rings is 2. The molecule has 0 unspecified atom stereocenters. The molecule has 2 aromatic carbocycles. The van der Waals surface area contributed by atoms with E-state index in [0.717, 1.165) is 33.4 Å². The van der Waals surface area contributed by atoms with Crippen LogP contribution in [0.2, 0.25) is 5.15 Å². The first kappa shape index (κ1) is 23.6. The SMILES string of the molecule is Cc1cc(CNc2ccc(Cl)nc2-c2ccc3c(c2)B(O)OC3)c2oc(C(C)C)c(C)c(=O)c2c1. The number of hydrogen-bond acceptors (Lipinski definition) is 6. The maximum absolute atomic E-state index is 13.1. The van der Waals surface area contributed by atoms with Crippen molar-refractivity contribution in [3.63, 3.8) is 0 Å². The van der Waals surface area contributed by atoms with E-state index in [0.29, 0.717) is 46.3 Å². The average Bonchev–Trinajstić information content (AvgIpc) is 3.20. The Hall–Kier alpha value is -3.13. The summed E-state index contributed by atoms with van der Waals surface area (Å²) in [5, 5.41) is 14.6. The van der Waals surface area contributed by atoms with Crippen molar-refractivity contribution in [1.29, 1.82) is 0 Å². The van der Waals surface area contributed by atoms with Crippen molar-refractivity contribution >= 4 is 40.8 Å². The summed E-state index contributed by atoms with van der Waals surface area (Å²) in [6.07, 6.45) is 0. The van der Waals surface area contributed by atoms with E-state index in [9.17, 15) is 9.82 Å². The zero-order chi connectivity index (χ0) is 24.9. The Bertz CT molecular complexity index is 1520. The van der Waals surface area contributed by atoms with Gasteiger partial charge >= 0.3 is 7.12 Å². The fraction of sp³-hybridized carbons (Fsp3) is 0.259. The standard InChI is InChI=1S/C27H26BClN2O4/c1-14(2)26-16(4)25(32)20-10-15(3)9-19(27(20)35-26)12-30-22-7-8-23(29)31-24(22)17-5-6-18-13-34-28(33)21(18)11-17/h5-11,14,30,33H,12-13H2,1-4H3. The molecule has 5 rings (SSSR count). The van der Waals surface area contributed by atoms with Crippen LogP contribution in [0.1, 0.15) is 47.8 Å². The normalized spacial score (nSPS) is 13.1. The van der Waals surface area contributed by atoms with Crippen LogP contribution in [0, 0.1) is 13.8 Å². The molecule has 0 saturated carbocycles. The minimum absolute atomic E-state index is 0.00710. The number of aromatic nitrogens is 1. The molecule has 178 valence electrons. The highest BCUT2D eigenvalue weighted by Crippen LogP contribution is 2.31. The van der Waals surface area contributed by atoms with Crippen molar-refractivity contribution in [3.8, 4) is 11.3 Å². The molecule has 0 aliphatic carbocycles. The van der Waals surface area contributed by atoms with Gasteiger partial charge in [0.05, 0.1) is 23.4 Å². The number of nitrogens with zero attached hydrogens (tertiary/aromatic N) is 1. The zero-order valence-corrected chi connectivity index (χ0v) is 20.9. The first-order chi connectivity index (χ1) is 16.7. The van der Waals surface area contributed by atoms with E-state index < -0.39 is 7.12 Å². The molecule has 0 saturated heterocycles. The number of aryl methyl sites for hydroxylation is 1. The van der Waals surface area contributed by atoms with E-state index in [1.54, 1.807) is 6.07 Å². The molecule has 2 aromatic heterocycles. The quantitative estimate of drug-likeness (QED) is 0.301. The number of hydrogen-bond donors (Lipinski definition) is 2. The second kappa shape index (κ2) is 9.15. The van der Waals surface area contributed by atoms with Gasteiger partial charge in [0.2, 0.25) is 0 Å². The maximum Gasteiger partial charge on any atom is 0.491 e. The molecule has 0 spiro atoms. The molecule has 1 aliphatic rings. The molecule has 0 fully saturated rings. The smallest absolute Gasteiger partial charge is 0.460 e. The molecular weight excluding hydrogens is 463 g/mol. The molecular formula is C27H26BClN2O4. The van der Waals surface area contributed by atoms with Gasteiger partial charge in [-0.25, -0.2) is 4.98 Å². The van der Waals surface area contributed by atoms with Crippen LogP contribution in [0.25, 0.3) is 22.2 Å². The zero-order valence-electron chi connectivity index (χ0n) is 20.1. The molecule has 1 aliphatic heterocycles. The molecule has 3 heterocycles. The third kappa shape index (κ3) is 4.36. The molecule has 0 atom stereocenters. The van der Waals surface area contributed by atoms with Gasteiger partial charge in [-0.2, -0.15) is 0 Å². The van der Waals surface area contributed by atoms with Gasteiger partial charge in [-0.1, -0.05) is 49.7 Å². The van der Waals surface area contributed by atoms with Gasteiger partial charge < -0.3 is 19.4 Å². The van der Waals surface area contributed by atoms with Gasteiger partial charge in [-0.3, -0.25) is 4.79 Å². The van der Waals surface area contributed by atoms with Crippen molar-refractivity contribution in [2.24, 2.45) is 0 Å². The topological polar surface area (TPSA) is 84.6 Å². The van der Waals surface area contributed by atoms with Crippen LogP contribution < -0.4 is 16.2 Å². The largest absolute Gasteiger partial charge is 0.491 e. The molecule has 35 heavy (non-hydrogen) atoms. The van der Waals surface area contributed by atoms with E-state index in [2.05, 4.69) is 10.3 Å². The lowest BCUT2D eigenvalue weighted by Gasteiger charge is -2.16. The van der Waals surface area contributed by atoms with Gasteiger partial charge in [0.25, 0.3) is 0 Å². The summed E-state index contributed by atoms with van der Waals surface area (Å²) in [7, 11) is -0.944. The van der Waals surface area contributed by atoms with Crippen LogP contribution in [0.5, 0.6) is 0 Å². The lowest BCUT2D eigenvalue weighted by atomic mass is 9.78. The fourth-order valence-electron chi connectivity index (χ4n) is 4.67. The van der Waals surface area contributed by atoms with Crippen molar-refractivity contribution in [3.05, 3.63) is 85.9 Å². The summed E-state index contributed by atoms with van der Waals surface area (Å²) in [5.74, 6) is 0.806. The Morgan fingerprint density at radius 3 is 2.74 bits per heavy atom. The summed E-state index contributed by atoms with van der Waals surface area (Å²) < 4.78 is 11.6. The number of halogens is 1. The van der Waals surface area contributed by atoms with E-state index in [4.69, 9.17) is 20.7 Å². The lowest BCUT2D eigenvalue weighted by Crippen LogP contribution is -2.28. The lowest BCUT2D eigenvalue weighted by molar-refractivity contribution is 0.275. The average molecular weight is 489 g/mol. The van der Waals surface area contributed by atoms with E-state index >= 15 is 0 Å². The Morgan fingerprint density at radius 1 is 1.17 bits per heavy atom. The molecule has 6 nitrogen and oxygen atoms in total. The van der Waals surface area contributed by atoms with E-state index in [-0.39, 0.29) is 11.3 Å². The summed E-state index contributed by atoms with van der Waals surface area (Å²) in [6, 6.07) is 13.3. The monoisotopic (exact) mass is 488 g/mol. The van der Waals surface area contributed by atoms with Crippen LogP contribution in [0.15, 0.2) is 51.7 Å². The second-order valence-electron chi connectivity index (χ2n) is 9.34.